The number of aryl methyl sites for hydroxylation is 1. The second-order valence-electron chi connectivity index (χ2n) is 5.04. The second kappa shape index (κ2) is 7.27. The number of rotatable bonds is 6. The third-order valence-corrected chi connectivity index (χ3v) is 3.87. The zero-order chi connectivity index (χ0) is 13.7. The summed E-state index contributed by atoms with van der Waals surface area (Å²) in [7, 11) is 0. The molecule has 1 saturated heterocycles. The van der Waals surface area contributed by atoms with E-state index in [0.29, 0.717) is 0 Å². The van der Waals surface area contributed by atoms with E-state index in [9.17, 15) is 0 Å². The predicted octanol–water partition coefficient (Wildman–Crippen LogP) is 3.17. The van der Waals surface area contributed by atoms with Crippen LogP contribution in [-0.4, -0.2) is 29.0 Å². The first-order chi connectivity index (χ1) is 9.27. The van der Waals surface area contributed by atoms with Gasteiger partial charge in [0.05, 0.1) is 29.1 Å². The molecule has 0 radical (unpaired) electrons. The SMILES string of the molecule is CCCn1ncc(Cl)c1C(NCC)C1CCCCO1. The molecule has 2 unspecified atom stereocenters. The maximum absolute atomic E-state index is 6.35. The van der Waals surface area contributed by atoms with E-state index in [1.54, 1.807) is 6.20 Å². The Morgan fingerprint density at radius 1 is 1.53 bits per heavy atom. The van der Waals surface area contributed by atoms with Gasteiger partial charge in [0.25, 0.3) is 0 Å². The number of nitrogens with one attached hydrogen (secondary N) is 1. The van der Waals surface area contributed by atoms with Crippen LogP contribution in [0.1, 0.15) is 51.3 Å². The summed E-state index contributed by atoms with van der Waals surface area (Å²) in [4.78, 5) is 0. The Balaban J connectivity index is 2.24. The Labute approximate surface area is 120 Å². The van der Waals surface area contributed by atoms with Crippen molar-refractivity contribution in [2.24, 2.45) is 0 Å². The van der Waals surface area contributed by atoms with Crippen LogP contribution in [0.15, 0.2) is 6.20 Å². The molecule has 0 saturated carbocycles. The number of hydrogen-bond donors (Lipinski definition) is 1. The van der Waals surface area contributed by atoms with Crippen LogP contribution >= 0.6 is 11.6 Å². The first kappa shape index (κ1) is 14.8. The number of hydrogen-bond acceptors (Lipinski definition) is 3. The zero-order valence-corrected chi connectivity index (χ0v) is 12.6. The summed E-state index contributed by atoms with van der Waals surface area (Å²) in [6.45, 7) is 6.92. The fraction of sp³-hybridized carbons (Fsp3) is 0.786. The van der Waals surface area contributed by atoms with Crippen LogP contribution < -0.4 is 5.32 Å². The van der Waals surface area contributed by atoms with Gasteiger partial charge in [-0.05, 0) is 32.2 Å². The summed E-state index contributed by atoms with van der Waals surface area (Å²) in [5, 5.41) is 8.66. The highest BCUT2D eigenvalue weighted by molar-refractivity contribution is 6.31. The van der Waals surface area contributed by atoms with Crippen LogP contribution in [0.3, 0.4) is 0 Å². The normalized spacial score (nSPS) is 21.5. The first-order valence-electron chi connectivity index (χ1n) is 7.34. The molecule has 0 bridgehead atoms. The molecule has 1 aromatic heterocycles. The monoisotopic (exact) mass is 285 g/mol. The number of halogens is 1. The van der Waals surface area contributed by atoms with Gasteiger partial charge in [-0.25, -0.2) is 0 Å². The van der Waals surface area contributed by atoms with E-state index < -0.39 is 0 Å². The molecule has 5 heteroatoms. The lowest BCUT2D eigenvalue weighted by atomic mass is 9.99. The van der Waals surface area contributed by atoms with E-state index in [4.69, 9.17) is 16.3 Å². The van der Waals surface area contributed by atoms with Crippen molar-refractivity contribution >= 4 is 11.6 Å². The second-order valence-corrected chi connectivity index (χ2v) is 5.45. The maximum atomic E-state index is 6.35. The van der Waals surface area contributed by atoms with Gasteiger partial charge >= 0.3 is 0 Å². The Bertz CT molecular complexity index is 388. The standard InChI is InChI=1S/C14H24ClN3O/c1-3-8-18-14(11(15)10-17-18)13(16-4-2)12-7-5-6-9-19-12/h10,12-13,16H,3-9H2,1-2H3. The van der Waals surface area contributed by atoms with Gasteiger partial charge < -0.3 is 10.1 Å². The number of ether oxygens (including phenoxy) is 1. The van der Waals surface area contributed by atoms with Crippen LogP contribution in [-0.2, 0) is 11.3 Å². The Hall–Kier alpha value is -0.580. The molecule has 1 aromatic rings. The van der Waals surface area contributed by atoms with Crippen LogP contribution in [0.25, 0.3) is 0 Å². The van der Waals surface area contributed by atoms with Gasteiger partial charge in [-0.3, -0.25) is 4.68 Å². The lowest BCUT2D eigenvalue weighted by Gasteiger charge is -2.31. The molecule has 0 spiro atoms. The Morgan fingerprint density at radius 3 is 3.00 bits per heavy atom. The van der Waals surface area contributed by atoms with Crippen molar-refractivity contribution < 1.29 is 4.74 Å². The minimum Gasteiger partial charge on any atom is -0.376 e. The summed E-state index contributed by atoms with van der Waals surface area (Å²) in [6, 6.07) is 0.145. The average molecular weight is 286 g/mol. The van der Waals surface area contributed by atoms with E-state index in [1.165, 1.54) is 6.42 Å². The number of aromatic nitrogens is 2. The summed E-state index contributed by atoms with van der Waals surface area (Å²) in [5.74, 6) is 0. The molecule has 2 atom stereocenters. The van der Waals surface area contributed by atoms with Crippen LogP contribution in [0.5, 0.6) is 0 Å². The molecule has 0 aliphatic carbocycles. The van der Waals surface area contributed by atoms with Gasteiger partial charge in [0, 0.05) is 13.2 Å². The minimum atomic E-state index is 0.145. The van der Waals surface area contributed by atoms with E-state index in [1.807, 2.05) is 4.68 Å². The topological polar surface area (TPSA) is 39.1 Å². The van der Waals surface area contributed by atoms with E-state index >= 15 is 0 Å². The van der Waals surface area contributed by atoms with Crippen molar-refractivity contribution in [2.45, 2.75) is 58.2 Å². The van der Waals surface area contributed by atoms with Gasteiger partial charge in [-0.2, -0.15) is 5.10 Å². The van der Waals surface area contributed by atoms with Crippen LogP contribution in [0.4, 0.5) is 0 Å². The molecular formula is C14H24ClN3O. The van der Waals surface area contributed by atoms with Crippen LogP contribution in [0, 0.1) is 0 Å². The molecule has 1 aliphatic rings. The van der Waals surface area contributed by atoms with Crippen molar-refractivity contribution in [1.29, 1.82) is 0 Å². The largest absolute Gasteiger partial charge is 0.376 e. The van der Waals surface area contributed by atoms with Gasteiger partial charge in [-0.15, -0.1) is 0 Å². The molecule has 1 fully saturated rings. The highest BCUT2D eigenvalue weighted by atomic mass is 35.5. The first-order valence-corrected chi connectivity index (χ1v) is 7.71. The summed E-state index contributed by atoms with van der Waals surface area (Å²) in [5.41, 5.74) is 1.08. The highest BCUT2D eigenvalue weighted by Gasteiger charge is 2.29. The van der Waals surface area contributed by atoms with E-state index in [-0.39, 0.29) is 12.1 Å². The number of likely N-dealkylation sites (N-methyl/N-ethyl adjacent to an activating group) is 1. The van der Waals surface area contributed by atoms with Gasteiger partial charge in [-0.1, -0.05) is 25.4 Å². The Morgan fingerprint density at radius 2 is 2.37 bits per heavy atom. The fourth-order valence-corrected chi connectivity index (χ4v) is 2.98. The summed E-state index contributed by atoms with van der Waals surface area (Å²) in [6.07, 6.45) is 6.49. The quantitative estimate of drug-likeness (QED) is 0.873. The minimum absolute atomic E-state index is 0.145. The Kier molecular flexibility index (Phi) is 5.67. The highest BCUT2D eigenvalue weighted by Crippen LogP contribution is 2.31. The van der Waals surface area contributed by atoms with Crippen molar-refractivity contribution in [2.75, 3.05) is 13.2 Å². The molecule has 108 valence electrons. The van der Waals surface area contributed by atoms with Crippen molar-refractivity contribution in [1.82, 2.24) is 15.1 Å². The molecule has 2 rings (SSSR count). The summed E-state index contributed by atoms with van der Waals surface area (Å²) >= 11 is 6.35. The smallest absolute Gasteiger partial charge is 0.0835 e. The van der Waals surface area contributed by atoms with E-state index in [0.717, 1.165) is 49.7 Å². The zero-order valence-electron chi connectivity index (χ0n) is 11.9. The van der Waals surface area contributed by atoms with Crippen molar-refractivity contribution in [3.05, 3.63) is 16.9 Å². The maximum Gasteiger partial charge on any atom is 0.0835 e. The lowest BCUT2D eigenvalue weighted by molar-refractivity contribution is -0.00967. The molecule has 1 N–H and O–H groups in total. The molecular weight excluding hydrogens is 262 g/mol. The molecule has 0 amide bonds. The molecule has 0 aromatic carbocycles. The third-order valence-electron chi connectivity index (χ3n) is 3.57. The van der Waals surface area contributed by atoms with Gasteiger partial charge in [0.15, 0.2) is 0 Å². The molecule has 2 heterocycles. The summed E-state index contributed by atoms with van der Waals surface area (Å²) < 4.78 is 7.96. The van der Waals surface area contributed by atoms with Crippen LogP contribution in [0.2, 0.25) is 5.02 Å². The molecule has 4 nitrogen and oxygen atoms in total. The fourth-order valence-electron chi connectivity index (χ4n) is 2.72. The molecule has 1 aliphatic heterocycles. The van der Waals surface area contributed by atoms with Gasteiger partial charge in [0.1, 0.15) is 0 Å². The number of nitrogens with zero attached hydrogens (tertiary/aromatic N) is 2. The predicted molar refractivity (Wildman–Crippen MR) is 77.5 cm³/mol. The lowest BCUT2D eigenvalue weighted by Crippen LogP contribution is -2.37. The third kappa shape index (κ3) is 3.50. The van der Waals surface area contributed by atoms with Gasteiger partial charge in [0.2, 0.25) is 0 Å². The van der Waals surface area contributed by atoms with E-state index in [2.05, 4.69) is 24.3 Å². The van der Waals surface area contributed by atoms with Crippen molar-refractivity contribution in [3.63, 3.8) is 0 Å². The van der Waals surface area contributed by atoms with Crippen molar-refractivity contribution in [3.8, 4) is 0 Å². The average Bonchev–Trinajstić information content (AvgIpc) is 2.79. The molecule has 19 heavy (non-hydrogen) atoms.